The molecule has 0 aromatic heterocycles. The second-order valence-corrected chi connectivity index (χ2v) is 4.97. The summed E-state index contributed by atoms with van der Waals surface area (Å²) in [5, 5.41) is 12.8. The van der Waals surface area contributed by atoms with Gasteiger partial charge in [-0.25, -0.2) is 4.39 Å². The monoisotopic (exact) mass is 289 g/mol. The number of rotatable bonds is 7. The zero-order valence-electron chi connectivity index (χ0n) is 12.1. The van der Waals surface area contributed by atoms with Gasteiger partial charge in [-0.3, -0.25) is 0 Å². The highest BCUT2D eigenvalue weighted by Crippen LogP contribution is 2.18. The lowest BCUT2D eigenvalue weighted by Crippen LogP contribution is -2.25. The van der Waals surface area contributed by atoms with Gasteiger partial charge in [-0.1, -0.05) is 42.5 Å². The third-order valence-electron chi connectivity index (χ3n) is 3.16. The van der Waals surface area contributed by atoms with Crippen LogP contribution in [0.1, 0.15) is 11.1 Å². The van der Waals surface area contributed by atoms with Crippen molar-refractivity contribution in [3.63, 3.8) is 0 Å². The van der Waals surface area contributed by atoms with Crippen LogP contribution >= 0.6 is 0 Å². The van der Waals surface area contributed by atoms with Crippen molar-refractivity contribution >= 4 is 5.69 Å². The number of aliphatic hydroxyl groups excluding tert-OH is 1. The highest BCUT2D eigenvalue weighted by Gasteiger charge is 2.08. The molecule has 0 aliphatic carbocycles. The number of hydrogen-bond donors (Lipinski definition) is 2. The molecule has 4 heteroatoms. The predicted octanol–water partition coefficient (Wildman–Crippen LogP) is 3.12. The third kappa shape index (κ3) is 4.85. The minimum absolute atomic E-state index is 0.204. The highest BCUT2D eigenvalue weighted by atomic mass is 19.1. The Hall–Kier alpha value is -1.91. The second kappa shape index (κ2) is 7.76. The Morgan fingerprint density at radius 2 is 1.90 bits per heavy atom. The molecule has 0 heterocycles. The van der Waals surface area contributed by atoms with Crippen LogP contribution in [0.3, 0.4) is 0 Å². The summed E-state index contributed by atoms with van der Waals surface area (Å²) in [6, 6.07) is 14.6. The Bertz CT molecular complexity index is 540. The fourth-order valence-corrected chi connectivity index (χ4v) is 2.02. The van der Waals surface area contributed by atoms with E-state index in [-0.39, 0.29) is 19.0 Å². The lowest BCUT2D eigenvalue weighted by Gasteiger charge is -2.15. The minimum atomic E-state index is -0.687. The number of para-hydroxylation sites is 1. The molecular formula is C17H20FNO2. The number of anilines is 1. The van der Waals surface area contributed by atoms with Gasteiger partial charge in [-0.05, 0) is 24.1 Å². The van der Waals surface area contributed by atoms with Gasteiger partial charge < -0.3 is 15.2 Å². The van der Waals surface area contributed by atoms with E-state index in [2.05, 4.69) is 5.32 Å². The maximum absolute atomic E-state index is 13.6. The first kappa shape index (κ1) is 15.5. The van der Waals surface area contributed by atoms with E-state index in [1.54, 1.807) is 6.07 Å². The van der Waals surface area contributed by atoms with Crippen molar-refractivity contribution < 1.29 is 14.2 Å². The SMILES string of the molecule is Cc1cccc(F)c1NCC(O)COCc1ccccc1. The molecular weight excluding hydrogens is 269 g/mol. The maximum atomic E-state index is 13.6. The first-order valence-electron chi connectivity index (χ1n) is 6.95. The Morgan fingerprint density at radius 3 is 2.62 bits per heavy atom. The summed E-state index contributed by atoms with van der Waals surface area (Å²) in [4.78, 5) is 0. The van der Waals surface area contributed by atoms with Crippen LogP contribution < -0.4 is 5.32 Å². The summed E-state index contributed by atoms with van der Waals surface area (Å²) < 4.78 is 19.0. The average molecular weight is 289 g/mol. The molecule has 1 unspecified atom stereocenters. The Morgan fingerprint density at radius 1 is 1.14 bits per heavy atom. The summed E-state index contributed by atoms with van der Waals surface area (Å²) in [6.07, 6.45) is -0.687. The van der Waals surface area contributed by atoms with Crippen LogP contribution in [0.2, 0.25) is 0 Å². The van der Waals surface area contributed by atoms with E-state index < -0.39 is 6.10 Å². The molecule has 21 heavy (non-hydrogen) atoms. The molecule has 1 atom stereocenters. The van der Waals surface area contributed by atoms with E-state index in [1.807, 2.05) is 43.3 Å². The molecule has 2 rings (SSSR count). The molecule has 0 amide bonds. The van der Waals surface area contributed by atoms with E-state index >= 15 is 0 Å². The van der Waals surface area contributed by atoms with E-state index in [1.165, 1.54) is 6.07 Å². The zero-order valence-corrected chi connectivity index (χ0v) is 12.1. The number of aliphatic hydroxyl groups is 1. The molecule has 0 aliphatic rings. The van der Waals surface area contributed by atoms with Crippen LogP contribution in [0.4, 0.5) is 10.1 Å². The number of nitrogens with one attached hydrogen (secondary N) is 1. The van der Waals surface area contributed by atoms with Crippen LogP contribution in [0.5, 0.6) is 0 Å². The van der Waals surface area contributed by atoms with Crippen LogP contribution in [0.25, 0.3) is 0 Å². The largest absolute Gasteiger partial charge is 0.389 e. The maximum Gasteiger partial charge on any atom is 0.146 e. The summed E-state index contributed by atoms with van der Waals surface area (Å²) in [6.45, 7) is 2.73. The molecule has 2 aromatic carbocycles. The molecule has 0 radical (unpaired) electrons. The average Bonchev–Trinajstić information content (AvgIpc) is 2.48. The molecule has 112 valence electrons. The van der Waals surface area contributed by atoms with Crippen molar-refractivity contribution in [1.29, 1.82) is 0 Å². The second-order valence-electron chi connectivity index (χ2n) is 4.97. The predicted molar refractivity (Wildman–Crippen MR) is 81.7 cm³/mol. The van der Waals surface area contributed by atoms with Crippen LogP contribution in [0.15, 0.2) is 48.5 Å². The van der Waals surface area contributed by atoms with Crippen molar-refractivity contribution in [2.45, 2.75) is 19.6 Å². The first-order chi connectivity index (χ1) is 10.2. The number of ether oxygens (including phenoxy) is 1. The van der Waals surface area contributed by atoms with Gasteiger partial charge in [0.25, 0.3) is 0 Å². The molecule has 0 bridgehead atoms. The topological polar surface area (TPSA) is 41.5 Å². The van der Waals surface area contributed by atoms with E-state index in [0.717, 1.165) is 11.1 Å². The Kier molecular flexibility index (Phi) is 5.72. The first-order valence-corrected chi connectivity index (χ1v) is 6.95. The number of benzene rings is 2. The summed E-state index contributed by atoms with van der Waals surface area (Å²) in [5.74, 6) is -0.313. The van der Waals surface area contributed by atoms with Gasteiger partial charge in [0.1, 0.15) is 5.82 Å². The number of halogens is 1. The van der Waals surface area contributed by atoms with E-state index in [4.69, 9.17) is 4.74 Å². The molecule has 0 spiro atoms. The standard InChI is InChI=1S/C17H20FNO2/c1-13-6-5-9-16(18)17(13)19-10-15(20)12-21-11-14-7-3-2-4-8-14/h2-9,15,19-20H,10-12H2,1H3. The summed E-state index contributed by atoms with van der Waals surface area (Å²) in [5.41, 5.74) is 2.30. The highest BCUT2D eigenvalue weighted by molar-refractivity contribution is 5.51. The fourth-order valence-electron chi connectivity index (χ4n) is 2.02. The molecule has 0 aliphatic heterocycles. The molecule has 2 N–H and O–H groups in total. The zero-order chi connectivity index (χ0) is 15.1. The minimum Gasteiger partial charge on any atom is -0.389 e. The van der Waals surface area contributed by atoms with E-state index in [9.17, 15) is 9.50 Å². The molecule has 0 saturated heterocycles. The van der Waals surface area contributed by atoms with Gasteiger partial charge in [-0.2, -0.15) is 0 Å². The van der Waals surface area contributed by atoms with Crippen molar-refractivity contribution in [1.82, 2.24) is 0 Å². The van der Waals surface area contributed by atoms with Crippen molar-refractivity contribution in [2.24, 2.45) is 0 Å². The molecule has 3 nitrogen and oxygen atoms in total. The van der Waals surface area contributed by atoms with Gasteiger partial charge in [0.2, 0.25) is 0 Å². The quantitative estimate of drug-likeness (QED) is 0.823. The summed E-state index contributed by atoms with van der Waals surface area (Å²) in [7, 11) is 0. The fraction of sp³-hybridized carbons (Fsp3) is 0.294. The van der Waals surface area contributed by atoms with Gasteiger partial charge in [0.05, 0.1) is 25.0 Å². The van der Waals surface area contributed by atoms with Crippen molar-refractivity contribution in [2.75, 3.05) is 18.5 Å². The number of hydrogen-bond acceptors (Lipinski definition) is 3. The van der Waals surface area contributed by atoms with Gasteiger partial charge in [-0.15, -0.1) is 0 Å². The smallest absolute Gasteiger partial charge is 0.146 e. The van der Waals surface area contributed by atoms with Crippen molar-refractivity contribution in [3.8, 4) is 0 Å². The van der Waals surface area contributed by atoms with E-state index in [0.29, 0.717) is 12.3 Å². The molecule has 0 saturated carbocycles. The van der Waals surface area contributed by atoms with Gasteiger partial charge in [0.15, 0.2) is 0 Å². The van der Waals surface area contributed by atoms with Crippen LogP contribution in [-0.2, 0) is 11.3 Å². The lowest BCUT2D eigenvalue weighted by molar-refractivity contribution is 0.0348. The van der Waals surface area contributed by atoms with Gasteiger partial charge >= 0.3 is 0 Å². The van der Waals surface area contributed by atoms with Crippen LogP contribution in [-0.4, -0.2) is 24.4 Å². The van der Waals surface area contributed by atoms with Gasteiger partial charge in [0, 0.05) is 6.54 Å². The van der Waals surface area contributed by atoms with Crippen molar-refractivity contribution in [3.05, 3.63) is 65.5 Å². The third-order valence-corrected chi connectivity index (χ3v) is 3.16. The lowest BCUT2D eigenvalue weighted by atomic mass is 10.2. The summed E-state index contributed by atoms with van der Waals surface area (Å²) >= 11 is 0. The Balaban J connectivity index is 1.74. The molecule has 2 aromatic rings. The molecule has 0 fully saturated rings. The normalized spacial score (nSPS) is 12.1. The van der Waals surface area contributed by atoms with Crippen LogP contribution in [0, 0.1) is 12.7 Å². The number of aryl methyl sites for hydroxylation is 1. The Labute approximate surface area is 124 Å².